The van der Waals surface area contributed by atoms with Crippen LogP contribution in [0.3, 0.4) is 0 Å². The van der Waals surface area contributed by atoms with E-state index in [1.807, 2.05) is 31.2 Å². The number of ether oxygens (including phenoxy) is 1. The van der Waals surface area contributed by atoms with Crippen molar-refractivity contribution in [3.05, 3.63) is 29.8 Å². The van der Waals surface area contributed by atoms with Gasteiger partial charge in [0.15, 0.2) is 0 Å². The second-order valence-electron chi connectivity index (χ2n) is 5.03. The molecule has 1 aliphatic heterocycles. The quantitative estimate of drug-likeness (QED) is 0.848. The van der Waals surface area contributed by atoms with Gasteiger partial charge in [0.25, 0.3) is 0 Å². The number of hydrogen-bond donors (Lipinski definition) is 2. The highest BCUT2D eigenvalue weighted by atomic mass is 16.5. The summed E-state index contributed by atoms with van der Waals surface area (Å²) in [6.07, 6.45) is 2.60. The first-order valence-electron chi connectivity index (χ1n) is 6.93. The van der Waals surface area contributed by atoms with E-state index in [1.54, 1.807) is 0 Å². The molecule has 1 atom stereocenters. The molecule has 0 aromatic heterocycles. The number of benzene rings is 1. The summed E-state index contributed by atoms with van der Waals surface area (Å²) in [6, 6.07) is 8.15. The van der Waals surface area contributed by atoms with Gasteiger partial charge in [-0.05, 0) is 44.0 Å². The standard InChI is InChI=1S/C15H22N2O2/c1-12-4-2-6-14(10-12)19-9-7-15(18)17-13-5-3-8-16-11-13/h2,4,6,10,13,16H,3,5,7-9,11H2,1H3,(H,17,18). The van der Waals surface area contributed by atoms with E-state index in [0.717, 1.165) is 37.2 Å². The van der Waals surface area contributed by atoms with Crippen LogP contribution in [0.1, 0.15) is 24.8 Å². The van der Waals surface area contributed by atoms with E-state index in [1.165, 1.54) is 0 Å². The molecule has 0 aliphatic carbocycles. The zero-order chi connectivity index (χ0) is 13.5. The van der Waals surface area contributed by atoms with Crippen LogP contribution in [0.25, 0.3) is 0 Å². The average molecular weight is 262 g/mol. The van der Waals surface area contributed by atoms with Gasteiger partial charge in [-0.3, -0.25) is 4.79 Å². The molecule has 2 rings (SSSR count). The summed E-state index contributed by atoms with van der Waals surface area (Å²) < 4.78 is 5.57. The lowest BCUT2D eigenvalue weighted by molar-refractivity contribution is -0.122. The number of aryl methyl sites for hydroxylation is 1. The Labute approximate surface area is 114 Å². The first kappa shape index (κ1) is 13.9. The topological polar surface area (TPSA) is 50.4 Å². The van der Waals surface area contributed by atoms with Crippen LogP contribution in [0.15, 0.2) is 24.3 Å². The summed E-state index contributed by atoms with van der Waals surface area (Å²) in [5.74, 6) is 0.897. The predicted molar refractivity (Wildman–Crippen MR) is 75.3 cm³/mol. The summed E-state index contributed by atoms with van der Waals surface area (Å²) in [4.78, 5) is 11.7. The van der Waals surface area contributed by atoms with Crippen molar-refractivity contribution in [2.45, 2.75) is 32.2 Å². The minimum absolute atomic E-state index is 0.0707. The summed E-state index contributed by atoms with van der Waals surface area (Å²) >= 11 is 0. The van der Waals surface area contributed by atoms with E-state index in [0.29, 0.717) is 13.0 Å². The van der Waals surface area contributed by atoms with E-state index in [9.17, 15) is 4.79 Å². The maximum Gasteiger partial charge on any atom is 0.223 e. The number of nitrogens with one attached hydrogen (secondary N) is 2. The monoisotopic (exact) mass is 262 g/mol. The molecule has 1 aliphatic rings. The maximum absolute atomic E-state index is 11.7. The van der Waals surface area contributed by atoms with Gasteiger partial charge in [-0.2, -0.15) is 0 Å². The fourth-order valence-corrected chi connectivity index (χ4v) is 2.24. The van der Waals surface area contributed by atoms with E-state index >= 15 is 0 Å². The lowest BCUT2D eigenvalue weighted by Gasteiger charge is -2.23. The Morgan fingerprint density at radius 1 is 1.53 bits per heavy atom. The van der Waals surface area contributed by atoms with Crippen LogP contribution >= 0.6 is 0 Å². The molecular weight excluding hydrogens is 240 g/mol. The smallest absolute Gasteiger partial charge is 0.223 e. The normalized spacial score (nSPS) is 18.9. The minimum atomic E-state index is 0.0707. The second kappa shape index (κ2) is 7.14. The van der Waals surface area contributed by atoms with Crippen LogP contribution in [-0.2, 0) is 4.79 Å². The summed E-state index contributed by atoms with van der Waals surface area (Å²) in [6.45, 7) is 4.39. The third-order valence-electron chi connectivity index (χ3n) is 3.25. The van der Waals surface area contributed by atoms with Crippen LogP contribution in [0.5, 0.6) is 5.75 Å². The van der Waals surface area contributed by atoms with E-state index < -0.39 is 0 Å². The molecule has 4 heteroatoms. The highest BCUT2D eigenvalue weighted by Crippen LogP contribution is 2.12. The number of amides is 1. The molecule has 1 fully saturated rings. The van der Waals surface area contributed by atoms with Gasteiger partial charge in [0.1, 0.15) is 5.75 Å². The molecule has 1 saturated heterocycles. The average Bonchev–Trinajstić information content (AvgIpc) is 2.40. The molecular formula is C15H22N2O2. The van der Waals surface area contributed by atoms with E-state index in [2.05, 4.69) is 10.6 Å². The number of rotatable bonds is 5. The molecule has 1 amide bonds. The van der Waals surface area contributed by atoms with Gasteiger partial charge in [0.2, 0.25) is 5.91 Å². The van der Waals surface area contributed by atoms with Crippen LogP contribution in [0.4, 0.5) is 0 Å². The Balaban J connectivity index is 1.66. The molecule has 0 saturated carbocycles. The molecule has 0 bridgehead atoms. The molecule has 0 radical (unpaired) electrons. The SMILES string of the molecule is Cc1cccc(OCCC(=O)NC2CCCNC2)c1. The summed E-state index contributed by atoms with van der Waals surface area (Å²) in [5.41, 5.74) is 1.16. The maximum atomic E-state index is 11.7. The van der Waals surface area contributed by atoms with Gasteiger partial charge in [0, 0.05) is 12.6 Å². The van der Waals surface area contributed by atoms with E-state index in [-0.39, 0.29) is 11.9 Å². The van der Waals surface area contributed by atoms with Crippen molar-refractivity contribution >= 4 is 5.91 Å². The predicted octanol–water partition coefficient (Wildman–Crippen LogP) is 1.63. The van der Waals surface area contributed by atoms with Crippen molar-refractivity contribution in [1.82, 2.24) is 10.6 Å². The lowest BCUT2D eigenvalue weighted by Crippen LogP contribution is -2.45. The zero-order valence-electron chi connectivity index (χ0n) is 11.4. The van der Waals surface area contributed by atoms with Gasteiger partial charge in [0.05, 0.1) is 13.0 Å². The third kappa shape index (κ3) is 4.91. The van der Waals surface area contributed by atoms with Crippen molar-refractivity contribution < 1.29 is 9.53 Å². The van der Waals surface area contributed by atoms with Gasteiger partial charge < -0.3 is 15.4 Å². The van der Waals surface area contributed by atoms with Gasteiger partial charge >= 0.3 is 0 Å². The molecule has 1 unspecified atom stereocenters. The second-order valence-corrected chi connectivity index (χ2v) is 5.03. The van der Waals surface area contributed by atoms with Crippen molar-refractivity contribution in [2.24, 2.45) is 0 Å². The molecule has 104 valence electrons. The number of carbonyl (C=O) groups is 1. The number of hydrogen-bond acceptors (Lipinski definition) is 3. The highest BCUT2D eigenvalue weighted by molar-refractivity contribution is 5.76. The zero-order valence-corrected chi connectivity index (χ0v) is 11.4. The lowest BCUT2D eigenvalue weighted by atomic mass is 10.1. The molecule has 0 spiro atoms. The Hall–Kier alpha value is -1.55. The van der Waals surface area contributed by atoms with Crippen molar-refractivity contribution in [3.8, 4) is 5.75 Å². The molecule has 4 nitrogen and oxygen atoms in total. The molecule has 1 heterocycles. The highest BCUT2D eigenvalue weighted by Gasteiger charge is 2.14. The Bertz CT molecular complexity index is 414. The van der Waals surface area contributed by atoms with Gasteiger partial charge in [-0.25, -0.2) is 0 Å². The Morgan fingerprint density at radius 3 is 3.16 bits per heavy atom. The summed E-state index contributed by atoms with van der Waals surface area (Å²) in [7, 11) is 0. The van der Waals surface area contributed by atoms with Crippen LogP contribution < -0.4 is 15.4 Å². The number of carbonyl (C=O) groups excluding carboxylic acids is 1. The molecule has 2 N–H and O–H groups in total. The first-order chi connectivity index (χ1) is 9.24. The first-order valence-corrected chi connectivity index (χ1v) is 6.93. The van der Waals surface area contributed by atoms with Gasteiger partial charge in [-0.1, -0.05) is 12.1 Å². The number of piperidine rings is 1. The third-order valence-corrected chi connectivity index (χ3v) is 3.25. The van der Waals surface area contributed by atoms with Gasteiger partial charge in [-0.15, -0.1) is 0 Å². The van der Waals surface area contributed by atoms with E-state index in [4.69, 9.17) is 4.74 Å². The van der Waals surface area contributed by atoms with Crippen LogP contribution in [0.2, 0.25) is 0 Å². The molecule has 19 heavy (non-hydrogen) atoms. The fraction of sp³-hybridized carbons (Fsp3) is 0.533. The minimum Gasteiger partial charge on any atom is -0.493 e. The summed E-state index contributed by atoms with van der Waals surface area (Å²) in [5, 5.41) is 6.32. The Kier molecular flexibility index (Phi) is 5.21. The Morgan fingerprint density at radius 2 is 2.42 bits per heavy atom. The van der Waals surface area contributed by atoms with Crippen molar-refractivity contribution in [3.63, 3.8) is 0 Å². The largest absolute Gasteiger partial charge is 0.493 e. The van der Waals surface area contributed by atoms with Crippen LogP contribution in [-0.4, -0.2) is 31.6 Å². The van der Waals surface area contributed by atoms with Crippen molar-refractivity contribution in [1.29, 1.82) is 0 Å². The molecule has 1 aromatic carbocycles. The molecule has 1 aromatic rings. The fourth-order valence-electron chi connectivity index (χ4n) is 2.24. The van der Waals surface area contributed by atoms with Crippen LogP contribution in [0, 0.1) is 6.92 Å². The van der Waals surface area contributed by atoms with Crippen molar-refractivity contribution in [2.75, 3.05) is 19.7 Å².